The van der Waals surface area contributed by atoms with Gasteiger partial charge < -0.3 is 10.6 Å². The highest BCUT2D eigenvalue weighted by molar-refractivity contribution is 9.10. The SMILES string of the molecule is CC(N)C1CCCN(C(=O)c2c(F)cc(Br)cc2F)C1. The highest BCUT2D eigenvalue weighted by Crippen LogP contribution is 2.24. The predicted molar refractivity (Wildman–Crippen MR) is 76.3 cm³/mol. The Balaban J connectivity index is 2.23. The maximum Gasteiger partial charge on any atom is 0.259 e. The second kappa shape index (κ2) is 6.18. The van der Waals surface area contributed by atoms with Gasteiger partial charge in [-0.2, -0.15) is 0 Å². The maximum atomic E-state index is 13.8. The zero-order valence-electron chi connectivity index (χ0n) is 11.2. The average molecular weight is 347 g/mol. The van der Waals surface area contributed by atoms with Gasteiger partial charge in [0.25, 0.3) is 5.91 Å². The third-order valence-electron chi connectivity index (χ3n) is 3.71. The van der Waals surface area contributed by atoms with Crippen LogP contribution in [0.4, 0.5) is 8.78 Å². The van der Waals surface area contributed by atoms with Crippen molar-refractivity contribution in [2.75, 3.05) is 13.1 Å². The lowest BCUT2D eigenvalue weighted by atomic mass is 9.92. The van der Waals surface area contributed by atoms with Gasteiger partial charge in [0.15, 0.2) is 0 Å². The molecule has 1 aromatic carbocycles. The first-order valence-electron chi connectivity index (χ1n) is 6.59. The summed E-state index contributed by atoms with van der Waals surface area (Å²) in [6, 6.07) is 2.16. The lowest BCUT2D eigenvalue weighted by Gasteiger charge is -2.34. The molecule has 20 heavy (non-hydrogen) atoms. The minimum atomic E-state index is -0.843. The molecule has 0 spiro atoms. The normalized spacial score (nSPS) is 20.9. The molecule has 2 N–H and O–H groups in total. The van der Waals surface area contributed by atoms with Gasteiger partial charge in [-0.3, -0.25) is 4.79 Å². The monoisotopic (exact) mass is 346 g/mol. The van der Waals surface area contributed by atoms with Gasteiger partial charge in [0.1, 0.15) is 17.2 Å². The molecule has 1 amide bonds. The Bertz CT molecular complexity index is 499. The Hall–Kier alpha value is -1.01. The molecule has 1 saturated heterocycles. The molecular weight excluding hydrogens is 330 g/mol. The molecule has 0 radical (unpaired) electrons. The van der Waals surface area contributed by atoms with Gasteiger partial charge in [-0.05, 0) is 37.8 Å². The van der Waals surface area contributed by atoms with E-state index in [4.69, 9.17) is 5.73 Å². The van der Waals surface area contributed by atoms with E-state index in [1.165, 1.54) is 4.90 Å². The van der Waals surface area contributed by atoms with Crippen LogP contribution in [-0.4, -0.2) is 29.9 Å². The summed E-state index contributed by atoms with van der Waals surface area (Å²) in [5.74, 6) is -2.11. The maximum absolute atomic E-state index is 13.8. The van der Waals surface area contributed by atoms with Gasteiger partial charge in [-0.15, -0.1) is 0 Å². The molecular formula is C14H17BrF2N2O. The van der Waals surface area contributed by atoms with Gasteiger partial charge in [0.05, 0.1) is 0 Å². The number of piperidine rings is 1. The van der Waals surface area contributed by atoms with Gasteiger partial charge in [-0.1, -0.05) is 15.9 Å². The zero-order chi connectivity index (χ0) is 14.9. The highest BCUT2D eigenvalue weighted by Gasteiger charge is 2.29. The van der Waals surface area contributed by atoms with Crippen molar-refractivity contribution in [2.45, 2.75) is 25.8 Å². The number of halogens is 3. The van der Waals surface area contributed by atoms with Crippen LogP contribution in [0.2, 0.25) is 0 Å². The third kappa shape index (κ3) is 3.17. The zero-order valence-corrected chi connectivity index (χ0v) is 12.8. The summed E-state index contributed by atoms with van der Waals surface area (Å²) < 4.78 is 27.9. The van der Waals surface area contributed by atoms with E-state index < -0.39 is 23.1 Å². The number of carbonyl (C=O) groups excluding carboxylic acids is 1. The van der Waals surface area contributed by atoms with Crippen LogP contribution in [0.15, 0.2) is 16.6 Å². The number of likely N-dealkylation sites (tertiary alicyclic amines) is 1. The van der Waals surface area contributed by atoms with Crippen molar-refractivity contribution >= 4 is 21.8 Å². The number of rotatable bonds is 2. The Kier molecular flexibility index (Phi) is 4.75. The van der Waals surface area contributed by atoms with Gasteiger partial charge in [0.2, 0.25) is 0 Å². The fourth-order valence-electron chi connectivity index (χ4n) is 2.53. The molecule has 2 rings (SSSR count). The van der Waals surface area contributed by atoms with Crippen LogP contribution in [0.25, 0.3) is 0 Å². The summed E-state index contributed by atoms with van der Waals surface area (Å²) in [5.41, 5.74) is 5.37. The summed E-state index contributed by atoms with van der Waals surface area (Å²) in [7, 11) is 0. The molecule has 1 aromatic rings. The fraction of sp³-hybridized carbons (Fsp3) is 0.500. The van der Waals surface area contributed by atoms with Gasteiger partial charge in [0, 0.05) is 23.6 Å². The van der Waals surface area contributed by atoms with E-state index in [0.717, 1.165) is 25.0 Å². The van der Waals surface area contributed by atoms with E-state index in [-0.39, 0.29) is 16.4 Å². The smallest absolute Gasteiger partial charge is 0.259 e. The molecule has 0 aromatic heterocycles. The van der Waals surface area contributed by atoms with Crippen molar-refractivity contribution in [1.82, 2.24) is 4.90 Å². The number of hydrogen-bond donors (Lipinski definition) is 1. The van der Waals surface area contributed by atoms with E-state index in [1.807, 2.05) is 6.92 Å². The van der Waals surface area contributed by atoms with Crippen LogP contribution >= 0.6 is 15.9 Å². The molecule has 3 nitrogen and oxygen atoms in total. The number of nitrogens with zero attached hydrogens (tertiary/aromatic N) is 1. The van der Waals surface area contributed by atoms with Crippen molar-refractivity contribution in [3.05, 3.63) is 33.8 Å². The summed E-state index contributed by atoms with van der Waals surface area (Å²) in [6.45, 7) is 2.85. The summed E-state index contributed by atoms with van der Waals surface area (Å²) >= 11 is 3.00. The van der Waals surface area contributed by atoms with E-state index >= 15 is 0 Å². The van der Waals surface area contributed by atoms with Crippen molar-refractivity contribution in [3.8, 4) is 0 Å². The number of hydrogen-bond acceptors (Lipinski definition) is 2. The molecule has 6 heteroatoms. The molecule has 0 saturated carbocycles. The van der Waals surface area contributed by atoms with Crippen LogP contribution in [0.5, 0.6) is 0 Å². The van der Waals surface area contributed by atoms with E-state index in [0.29, 0.717) is 13.1 Å². The molecule has 0 bridgehead atoms. The minimum absolute atomic E-state index is 0.0368. The number of carbonyl (C=O) groups is 1. The predicted octanol–water partition coefficient (Wildman–Crippen LogP) is 2.93. The van der Waals surface area contributed by atoms with Crippen molar-refractivity contribution < 1.29 is 13.6 Å². The lowest BCUT2D eigenvalue weighted by molar-refractivity contribution is 0.0651. The van der Waals surface area contributed by atoms with Crippen LogP contribution < -0.4 is 5.73 Å². The summed E-state index contributed by atoms with van der Waals surface area (Å²) in [6.07, 6.45) is 1.74. The summed E-state index contributed by atoms with van der Waals surface area (Å²) in [5, 5.41) is 0. The molecule has 0 aliphatic carbocycles. The van der Waals surface area contributed by atoms with E-state index in [9.17, 15) is 13.6 Å². The highest BCUT2D eigenvalue weighted by atomic mass is 79.9. The standard InChI is InChI=1S/C14H17BrF2N2O/c1-8(18)9-3-2-4-19(7-9)14(20)13-11(16)5-10(15)6-12(13)17/h5-6,8-9H,2-4,7,18H2,1H3. The summed E-state index contributed by atoms with van der Waals surface area (Å²) in [4.78, 5) is 13.8. The number of amides is 1. The minimum Gasteiger partial charge on any atom is -0.338 e. The molecule has 1 heterocycles. The number of nitrogens with two attached hydrogens (primary N) is 1. The van der Waals surface area contributed by atoms with Crippen molar-refractivity contribution in [3.63, 3.8) is 0 Å². The third-order valence-corrected chi connectivity index (χ3v) is 4.17. The van der Waals surface area contributed by atoms with Crippen LogP contribution in [0.3, 0.4) is 0 Å². The first-order chi connectivity index (χ1) is 9.40. The Morgan fingerprint density at radius 1 is 1.45 bits per heavy atom. The van der Waals surface area contributed by atoms with Crippen LogP contribution in [0, 0.1) is 17.6 Å². The fourth-order valence-corrected chi connectivity index (χ4v) is 2.93. The van der Waals surface area contributed by atoms with Crippen LogP contribution in [-0.2, 0) is 0 Å². The Morgan fingerprint density at radius 3 is 2.60 bits per heavy atom. The lowest BCUT2D eigenvalue weighted by Crippen LogP contribution is -2.45. The molecule has 1 aliphatic rings. The van der Waals surface area contributed by atoms with E-state index in [1.54, 1.807) is 0 Å². The van der Waals surface area contributed by atoms with E-state index in [2.05, 4.69) is 15.9 Å². The molecule has 2 atom stereocenters. The van der Waals surface area contributed by atoms with Crippen LogP contribution in [0.1, 0.15) is 30.1 Å². The number of benzene rings is 1. The molecule has 110 valence electrons. The molecule has 1 fully saturated rings. The first-order valence-corrected chi connectivity index (χ1v) is 7.39. The van der Waals surface area contributed by atoms with Gasteiger partial charge in [-0.25, -0.2) is 8.78 Å². The second-order valence-electron chi connectivity index (χ2n) is 5.26. The Labute approximate surface area is 125 Å². The topological polar surface area (TPSA) is 46.3 Å². The average Bonchev–Trinajstić information content (AvgIpc) is 2.37. The second-order valence-corrected chi connectivity index (χ2v) is 6.17. The molecule has 1 aliphatic heterocycles. The van der Waals surface area contributed by atoms with Gasteiger partial charge >= 0.3 is 0 Å². The molecule has 2 unspecified atom stereocenters. The largest absolute Gasteiger partial charge is 0.338 e. The van der Waals surface area contributed by atoms with Crippen molar-refractivity contribution in [1.29, 1.82) is 0 Å². The quantitative estimate of drug-likeness (QED) is 0.894. The first kappa shape index (κ1) is 15.4. The van der Waals surface area contributed by atoms with Crippen molar-refractivity contribution in [2.24, 2.45) is 11.7 Å². The Morgan fingerprint density at radius 2 is 2.05 bits per heavy atom.